The maximum atomic E-state index is 13.6. The predicted molar refractivity (Wildman–Crippen MR) is 112 cm³/mol. The van der Waals surface area contributed by atoms with Crippen molar-refractivity contribution in [3.63, 3.8) is 0 Å². The summed E-state index contributed by atoms with van der Waals surface area (Å²) in [4.78, 5) is 28.7. The normalized spacial score (nSPS) is 26.3. The maximum absolute atomic E-state index is 13.6. The summed E-state index contributed by atoms with van der Waals surface area (Å²) in [6.07, 6.45) is 0.933. The van der Waals surface area contributed by atoms with Gasteiger partial charge in [0.1, 0.15) is 0 Å². The molecule has 0 unspecified atom stereocenters. The quantitative estimate of drug-likeness (QED) is 0.608. The van der Waals surface area contributed by atoms with Crippen molar-refractivity contribution in [3.05, 3.63) is 101 Å². The first-order valence-electron chi connectivity index (χ1n) is 10.3. The van der Waals surface area contributed by atoms with Crippen LogP contribution in [-0.2, 0) is 16.0 Å². The molecule has 4 aliphatic rings. The van der Waals surface area contributed by atoms with E-state index in [2.05, 4.69) is 31.2 Å². The number of rotatable bonds is 2. The van der Waals surface area contributed by atoms with Gasteiger partial charge in [0.05, 0.1) is 17.5 Å². The van der Waals surface area contributed by atoms with E-state index in [4.69, 9.17) is 0 Å². The number of hydrogen-bond donors (Lipinski definition) is 0. The Kier molecular flexibility index (Phi) is 3.40. The number of hydrogen-bond acceptors (Lipinski definition) is 2. The molecule has 0 radical (unpaired) electrons. The number of aryl methyl sites for hydroxylation is 1. The van der Waals surface area contributed by atoms with Crippen LogP contribution in [0.2, 0.25) is 0 Å². The smallest absolute Gasteiger partial charge is 0.238 e. The molecular formula is C26H21NO2. The number of amides is 2. The van der Waals surface area contributed by atoms with Crippen LogP contribution in [0.5, 0.6) is 0 Å². The summed E-state index contributed by atoms with van der Waals surface area (Å²) in [5, 5.41) is 0. The number of anilines is 1. The molecule has 3 heteroatoms. The van der Waals surface area contributed by atoms with Crippen LogP contribution in [0.1, 0.15) is 46.6 Å². The summed E-state index contributed by atoms with van der Waals surface area (Å²) >= 11 is 0. The van der Waals surface area contributed by atoms with Crippen molar-refractivity contribution >= 4 is 17.5 Å². The highest BCUT2D eigenvalue weighted by atomic mass is 16.2. The molecule has 0 saturated carbocycles. The van der Waals surface area contributed by atoms with Crippen LogP contribution in [-0.4, -0.2) is 11.8 Å². The first kappa shape index (κ1) is 16.7. The number of benzene rings is 3. The van der Waals surface area contributed by atoms with Crippen LogP contribution < -0.4 is 4.90 Å². The third-order valence-electron chi connectivity index (χ3n) is 7.05. The van der Waals surface area contributed by atoms with Crippen LogP contribution >= 0.6 is 0 Å². The van der Waals surface area contributed by atoms with Gasteiger partial charge in [0.15, 0.2) is 0 Å². The molecule has 0 aromatic heterocycles. The van der Waals surface area contributed by atoms with Gasteiger partial charge in [-0.2, -0.15) is 0 Å². The van der Waals surface area contributed by atoms with E-state index in [0.717, 1.165) is 6.42 Å². The summed E-state index contributed by atoms with van der Waals surface area (Å²) in [7, 11) is 0. The molecule has 1 saturated heterocycles. The fourth-order valence-electron chi connectivity index (χ4n) is 5.81. The SMILES string of the molecule is CCc1ccc(N2C(=O)[C@@H]3C4c5ccccc5C(c5ccccc54)[C@H]3C2=O)cc1. The monoisotopic (exact) mass is 379 g/mol. The van der Waals surface area contributed by atoms with Gasteiger partial charge < -0.3 is 0 Å². The van der Waals surface area contributed by atoms with Crippen LogP contribution in [0.25, 0.3) is 0 Å². The second-order valence-electron chi connectivity index (χ2n) is 8.30. The Balaban J connectivity index is 1.53. The molecule has 0 spiro atoms. The average Bonchev–Trinajstić information content (AvgIpc) is 3.04. The number of nitrogens with zero attached hydrogens (tertiary/aromatic N) is 1. The lowest BCUT2D eigenvalue weighted by Gasteiger charge is -2.45. The first-order chi connectivity index (χ1) is 14.2. The molecule has 3 aliphatic carbocycles. The van der Waals surface area contributed by atoms with Crippen LogP contribution in [0.3, 0.4) is 0 Å². The highest BCUT2D eigenvalue weighted by Gasteiger charge is 2.61. The van der Waals surface area contributed by atoms with Gasteiger partial charge in [-0.25, -0.2) is 4.90 Å². The molecule has 3 nitrogen and oxygen atoms in total. The summed E-state index contributed by atoms with van der Waals surface area (Å²) in [5.74, 6) is -0.833. The molecule has 1 aliphatic heterocycles. The summed E-state index contributed by atoms with van der Waals surface area (Å²) in [6.45, 7) is 2.10. The molecule has 2 atom stereocenters. The molecular weight excluding hydrogens is 358 g/mol. The second kappa shape index (κ2) is 5.90. The zero-order valence-electron chi connectivity index (χ0n) is 16.2. The summed E-state index contributed by atoms with van der Waals surface area (Å²) in [5.41, 5.74) is 6.73. The van der Waals surface area contributed by atoms with E-state index in [1.165, 1.54) is 32.7 Å². The van der Waals surface area contributed by atoms with Gasteiger partial charge in [-0.3, -0.25) is 9.59 Å². The van der Waals surface area contributed by atoms with E-state index in [1.807, 2.05) is 48.5 Å². The van der Waals surface area contributed by atoms with E-state index in [9.17, 15) is 9.59 Å². The van der Waals surface area contributed by atoms with Crippen molar-refractivity contribution in [2.24, 2.45) is 11.8 Å². The van der Waals surface area contributed by atoms with E-state index < -0.39 is 0 Å². The molecule has 3 aromatic carbocycles. The standard InChI is InChI=1S/C26H21NO2/c1-2-15-11-13-16(14-12-15)27-25(28)23-21-17-7-3-4-8-18(17)22(24(23)26(27)29)20-10-6-5-9-19(20)21/h3-14,21-24H,2H2,1H3/t21?,22?,23-,24-/m1/s1. The topological polar surface area (TPSA) is 37.4 Å². The van der Waals surface area contributed by atoms with Crippen molar-refractivity contribution in [1.29, 1.82) is 0 Å². The van der Waals surface area contributed by atoms with E-state index >= 15 is 0 Å². The lowest BCUT2D eigenvalue weighted by Crippen LogP contribution is -2.41. The summed E-state index contributed by atoms with van der Waals surface area (Å²) < 4.78 is 0. The minimum atomic E-state index is -0.317. The van der Waals surface area contributed by atoms with E-state index in [-0.39, 0.29) is 35.5 Å². The average molecular weight is 379 g/mol. The molecule has 2 bridgehead atoms. The molecule has 1 fully saturated rings. The minimum absolute atomic E-state index is 0.0474. The van der Waals surface area contributed by atoms with Crippen molar-refractivity contribution in [3.8, 4) is 0 Å². The Morgan fingerprint density at radius 3 is 1.45 bits per heavy atom. The van der Waals surface area contributed by atoms with Crippen LogP contribution in [0.15, 0.2) is 72.8 Å². The van der Waals surface area contributed by atoms with Crippen LogP contribution in [0, 0.1) is 11.8 Å². The van der Waals surface area contributed by atoms with Crippen LogP contribution in [0.4, 0.5) is 5.69 Å². The predicted octanol–water partition coefficient (Wildman–Crippen LogP) is 4.65. The Bertz CT molecular complexity index is 1050. The third-order valence-corrected chi connectivity index (χ3v) is 7.05. The third kappa shape index (κ3) is 2.08. The summed E-state index contributed by atoms with van der Waals surface area (Å²) in [6, 6.07) is 24.5. The highest BCUT2D eigenvalue weighted by Crippen LogP contribution is 2.61. The molecule has 3 aromatic rings. The maximum Gasteiger partial charge on any atom is 0.238 e. The minimum Gasteiger partial charge on any atom is -0.274 e. The zero-order chi connectivity index (χ0) is 19.7. The van der Waals surface area contributed by atoms with Gasteiger partial charge in [-0.15, -0.1) is 0 Å². The number of carbonyl (C=O) groups excluding carboxylic acids is 2. The van der Waals surface area contributed by atoms with Gasteiger partial charge in [-0.1, -0.05) is 67.6 Å². The molecule has 1 heterocycles. The molecule has 2 amide bonds. The second-order valence-corrected chi connectivity index (χ2v) is 8.30. The highest BCUT2D eigenvalue weighted by molar-refractivity contribution is 6.23. The largest absolute Gasteiger partial charge is 0.274 e. The fraction of sp³-hybridized carbons (Fsp3) is 0.231. The number of imide groups is 1. The van der Waals surface area contributed by atoms with Crippen molar-refractivity contribution < 1.29 is 9.59 Å². The van der Waals surface area contributed by atoms with Gasteiger partial charge in [-0.05, 0) is 46.4 Å². The van der Waals surface area contributed by atoms with Crippen molar-refractivity contribution in [2.45, 2.75) is 25.2 Å². The number of carbonyl (C=O) groups is 2. The Hall–Kier alpha value is -3.20. The van der Waals surface area contributed by atoms with E-state index in [1.54, 1.807) is 0 Å². The molecule has 0 N–H and O–H groups in total. The fourth-order valence-corrected chi connectivity index (χ4v) is 5.81. The van der Waals surface area contributed by atoms with Gasteiger partial charge in [0.25, 0.3) is 0 Å². The Labute approximate surface area is 170 Å². The first-order valence-corrected chi connectivity index (χ1v) is 10.3. The van der Waals surface area contributed by atoms with Gasteiger partial charge in [0.2, 0.25) is 11.8 Å². The molecule has 7 rings (SSSR count). The zero-order valence-corrected chi connectivity index (χ0v) is 16.2. The molecule has 142 valence electrons. The Morgan fingerprint density at radius 1 is 0.655 bits per heavy atom. The lowest BCUT2D eigenvalue weighted by atomic mass is 9.55. The van der Waals surface area contributed by atoms with E-state index in [0.29, 0.717) is 5.69 Å². The van der Waals surface area contributed by atoms with Crippen molar-refractivity contribution in [1.82, 2.24) is 0 Å². The van der Waals surface area contributed by atoms with Gasteiger partial charge in [0, 0.05) is 11.8 Å². The lowest BCUT2D eigenvalue weighted by molar-refractivity contribution is -0.122. The Morgan fingerprint density at radius 2 is 1.07 bits per heavy atom. The molecule has 29 heavy (non-hydrogen) atoms. The van der Waals surface area contributed by atoms with Gasteiger partial charge >= 0.3 is 0 Å². The van der Waals surface area contributed by atoms with Crippen molar-refractivity contribution in [2.75, 3.05) is 4.90 Å².